The maximum absolute atomic E-state index is 13.0. The highest BCUT2D eigenvalue weighted by Crippen LogP contribution is 2.33. The Balaban J connectivity index is 1.49. The van der Waals surface area contributed by atoms with E-state index in [1.165, 1.54) is 11.3 Å². The third-order valence-corrected chi connectivity index (χ3v) is 6.01. The normalized spacial score (nSPS) is 18.4. The number of para-hydroxylation sites is 2. The van der Waals surface area contributed by atoms with Crippen molar-refractivity contribution in [3.63, 3.8) is 0 Å². The smallest absolute Gasteiger partial charge is 0.265 e. The molecule has 0 aliphatic carbocycles. The fourth-order valence-electron chi connectivity index (χ4n) is 3.74. The van der Waals surface area contributed by atoms with Gasteiger partial charge in [0, 0.05) is 13.1 Å². The van der Waals surface area contributed by atoms with Crippen molar-refractivity contribution in [3.8, 4) is 11.8 Å². The van der Waals surface area contributed by atoms with Crippen molar-refractivity contribution in [2.24, 2.45) is 0 Å². The minimum atomic E-state index is -0.632. The minimum Gasteiger partial charge on any atom is -0.477 e. The number of piperidine rings is 1. The zero-order valence-electron chi connectivity index (χ0n) is 16.0. The average Bonchev–Trinajstić information content (AvgIpc) is 3.20. The second-order valence-corrected chi connectivity index (χ2v) is 8.08. The van der Waals surface area contributed by atoms with Crippen molar-refractivity contribution in [1.82, 2.24) is 4.90 Å². The number of nitriles is 1. The lowest BCUT2D eigenvalue weighted by Gasteiger charge is -2.38. The van der Waals surface area contributed by atoms with E-state index < -0.39 is 6.10 Å². The van der Waals surface area contributed by atoms with E-state index in [1.54, 1.807) is 11.4 Å². The van der Waals surface area contributed by atoms with Gasteiger partial charge in [-0.05, 0) is 42.8 Å². The molecule has 7 nitrogen and oxygen atoms in total. The monoisotopic (exact) mass is 410 g/mol. The van der Waals surface area contributed by atoms with E-state index in [4.69, 9.17) is 10.00 Å². The van der Waals surface area contributed by atoms with Crippen molar-refractivity contribution in [1.29, 1.82) is 5.26 Å². The lowest BCUT2D eigenvalue weighted by molar-refractivity contribution is -0.139. The second kappa shape index (κ2) is 8.53. The van der Waals surface area contributed by atoms with Gasteiger partial charge in [0.15, 0.2) is 6.10 Å². The predicted molar refractivity (Wildman–Crippen MR) is 111 cm³/mol. The van der Waals surface area contributed by atoms with Crippen LogP contribution < -0.4 is 15.0 Å². The molecular formula is C21H22N4O3S. The van der Waals surface area contributed by atoms with E-state index in [0.29, 0.717) is 22.9 Å². The van der Waals surface area contributed by atoms with Crippen LogP contribution in [0.15, 0.2) is 35.7 Å². The highest BCUT2D eigenvalue weighted by molar-refractivity contribution is 7.14. The van der Waals surface area contributed by atoms with Crippen molar-refractivity contribution in [2.75, 3.05) is 36.4 Å². The molecule has 1 aromatic heterocycles. The summed E-state index contributed by atoms with van der Waals surface area (Å²) < 4.78 is 6.00. The summed E-state index contributed by atoms with van der Waals surface area (Å²) in [7, 11) is 0. The van der Waals surface area contributed by atoms with Gasteiger partial charge in [-0.1, -0.05) is 12.1 Å². The lowest BCUT2D eigenvalue weighted by Crippen LogP contribution is -2.52. The summed E-state index contributed by atoms with van der Waals surface area (Å²) in [5.74, 6) is 0.357. The standard InChI is InChI=1S/C21H22N4O3S/c22-12-15-8-11-29-20(15)23-19(26)14-25-13-18(21(27)24-9-4-1-5-10-24)28-17-7-3-2-6-16(17)25/h2-3,6-8,11,18H,1,4-5,9-10,13-14H2,(H,23,26)/t18-/m1/s1. The highest BCUT2D eigenvalue weighted by atomic mass is 32.1. The molecule has 1 fully saturated rings. The van der Waals surface area contributed by atoms with Crippen LogP contribution in [0, 0.1) is 11.3 Å². The molecule has 2 amide bonds. The Labute approximate surface area is 173 Å². The van der Waals surface area contributed by atoms with Crippen molar-refractivity contribution < 1.29 is 14.3 Å². The molecule has 0 unspecified atom stereocenters. The Kier molecular flexibility index (Phi) is 5.67. The molecule has 3 heterocycles. The second-order valence-electron chi connectivity index (χ2n) is 7.16. The molecule has 4 rings (SSSR count). The van der Waals surface area contributed by atoms with E-state index in [-0.39, 0.29) is 18.4 Å². The quantitative estimate of drug-likeness (QED) is 0.838. The zero-order valence-corrected chi connectivity index (χ0v) is 16.8. The number of hydrogen-bond donors (Lipinski definition) is 1. The summed E-state index contributed by atoms with van der Waals surface area (Å²) in [6, 6.07) is 11.2. The first-order valence-electron chi connectivity index (χ1n) is 9.72. The molecule has 1 aromatic carbocycles. The van der Waals surface area contributed by atoms with Gasteiger partial charge < -0.3 is 19.9 Å². The fraction of sp³-hybridized carbons (Fsp3) is 0.381. The van der Waals surface area contributed by atoms with Gasteiger partial charge in [-0.15, -0.1) is 11.3 Å². The molecule has 0 spiro atoms. The number of ether oxygens (including phenoxy) is 1. The summed E-state index contributed by atoms with van der Waals surface area (Å²) in [5, 5.41) is 14.2. The number of nitrogens with zero attached hydrogens (tertiary/aromatic N) is 3. The lowest BCUT2D eigenvalue weighted by atomic mass is 10.1. The van der Waals surface area contributed by atoms with E-state index >= 15 is 0 Å². The molecular weight excluding hydrogens is 388 g/mol. The number of hydrogen-bond acceptors (Lipinski definition) is 6. The molecule has 2 aromatic rings. The van der Waals surface area contributed by atoms with Gasteiger partial charge in [-0.3, -0.25) is 9.59 Å². The summed E-state index contributed by atoms with van der Waals surface area (Å²) in [5.41, 5.74) is 1.24. The van der Waals surface area contributed by atoms with Crippen LogP contribution in [0.4, 0.5) is 10.7 Å². The van der Waals surface area contributed by atoms with Gasteiger partial charge in [-0.25, -0.2) is 0 Å². The zero-order chi connectivity index (χ0) is 20.2. The van der Waals surface area contributed by atoms with E-state index in [9.17, 15) is 9.59 Å². The van der Waals surface area contributed by atoms with Crippen LogP contribution in [0.1, 0.15) is 24.8 Å². The number of nitrogens with one attached hydrogen (secondary N) is 1. The maximum atomic E-state index is 13.0. The van der Waals surface area contributed by atoms with Crippen LogP contribution in [0.2, 0.25) is 0 Å². The number of thiophene rings is 1. The highest BCUT2D eigenvalue weighted by Gasteiger charge is 2.34. The summed E-state index contributed by atoms with van der Waals surface area (Å²) in [6.07, 6.45) is 2.55. The van der Waals surface area contributed by atoms with Crippen molar-refractivity contribution >= 4 is 33.8 Å². The summed E-state index contributed by atoms with van der Waals surface area (Å²) in [4.78, 5) is 29.4. The number of benzene rings is 1. The molecule has 2 aliphatic heterocycles. The Morgan fingerprint density at radius 1 is 1.21 bits per heavy atom. The van der Waals surface area contributed by atoms with Gasteiger partial charge in [0.1, 0.15) is 16.8 Å². The largest absolute Gasteiger partial charge is 0.477 e. The number of fused-ring (bicyclic) bond motifs is 1. The van der Waals surface area contributed by atoms with E-state index in [1.807, 2.05) is 34.1 Å². The molecule has 0 bridgehead atoms. The number of rotatable bonds is 4. The molecule has 0 saturated carbocycles. The van der Waals surface area contributed by atoms with Crippen molar-refractivity contribution in [3.05, 3.63) is 41.3 Å². The summed E-state index contributed by atoms with van der Waals surface area (Å²) in [6.45, 7) is 1.91. The number of carbonyl (C=O) groups is 2. The number of carbonyl (C=O) groups excluding carboxylic acids is 2. The molecule has 0 radical (unpaired) electrons. The number of likely N-dealkylation sites (tertiary alicyclic amines) is 1. The van der Waals surface area contributed by atoms with Crippen LogP contribution in [0.5, 0.6) is 5.75 Å². The van der Waals surface area contributed by atoms with Crippen LogP contribution >= 0.6 is 11.3 Å². The minimum absolute atomic E-state index is 0.0189. The molecule has 1 atom stereocenters. The summed E-state index contributed by atoms with van der Waals surface area (Å²) >= 11 is 1.32. The maximum Gasteiger partial charge on any atom is 0.265 e. The first kappa shape index (κ1) is 19.3. The van der Waals surface area contributed by atoms with Gasteiger partial charge >= 0.3 is 0 Å². The molecule has 8 heteroatoms. The van der Waals surface area contributed by atoms with Crippen molar-refractivity contribution in [2.45, 2.75) is 25.4 Å². The molecule has 29 heavy (non-hydrogen) atoms. The first-order valence-corrected chi connectivity index (χ1v) is 10.6. The molecule has 1 N–H and O–H groups in total. The van der Waals surface area contributed by atoms with Crippen LogP contribution in [0.25, 0.3) is 0 Å². The van der Waals surface area contributed by atoms with Gasteiger partial charge in [-0.2, -0.15) is 5.26 Å². The van der Waals surface area contributed by atoms with Gasteiger partial charge in [0.2, 0.25) is 5.91 Å². The Morgan fingerprint density at radius 3 is 2.79 bits per heavy atom. The Bertz CT molecular complexity index is 945. The van der Waals surface area contributed by atoms with Crippen LogP contribution in [0.3, 0.4) is 0 Å². The third kappa shape index (κ3) is 4.20. The average molecular weight is 410 g/mol. The SMILES string of the molecule is N#Cc1ccsc1NC(=O)CN1C[C@H](C(=O)N2CCCCC2)Oc2ccccc21. The topological polar surface area (TPSA) is 85.7 Å². The van der Waals surface area contributed by atoms with Crippen LogP contribution in [-0.4, -0.2) is 49.0 Å². The van der Waals surface area contributed by atoms with E-state index in [2.05, 4.69) is 11.4 Å². The van der Waals surface area contributed by atoms with Gasteiger partial charge in [0.25, 0.3) is 5.91 Å². The van der Waals surface area contributed by atoms with Gasteiger partial charge in [0.05, 0.1) is 24.3 Å². The number of anilines is 2. The first-order chi connectivity index (χ1) is 14.2. The van der Waals surface area contributed by atoms with Crippen LogP contribution in [-0.2, 0) is 9.59 Å². The molecule has 2 aliphatic rings. The predicted octanol–water partition coefficient (Wildman–Crippen LogP) is 2.84. The van der Waals surface area contributed by atoms with E-state index in [0.717, 1.165) is 38.0 Å². The fourth-order valence-corrected chi connectivity index (χ4v) is 4.49. The Hall–Kier alpha value is -3.05. The number of amides is 2. The molecule has 1 saturated heterocycles. The third-order valence-electron chi connectivity index (χ3n) is 5.18. The molecule has 150 valence electrons. The Morgan fingerprint density at radius 2 is 2.00 bits per heavy atom.